The lowest BCUT2D eigenvalue weighted by Gasteiger charge is -2.05. The van der Waals surface area contributed by atoms with E-state index in [1.165, 1.54) is 37.1 Å². The molecule has 0 unspecified atom stereocenters. The Kier molecular flexibility index (Phi) is 7.34. The van der Waals surface area contributed by atoms with Crippen molar-refractivity contribution >= 4 is 11.8 Å². The zero-order chi connectivity index (χ0) is 11.6. The lowest BCUT2D eigenvalue weighted by Crippen LogP contribution is -2.16. The van der Waals surface area contributed by atoms with Crippen LogP contribution in [-0.4, -0.2) is 28.3 Å². The fourth-order valence-corrected chi connectivity index (χ4v) is 2.13. The molecule has 0 aliphatic carbocycles. The van der Waals surface area contributed by atoms with Gasteiger partial charge in [0.2, 0.25) is 0 Å². The zero-order valence-corrected chi connectivity index (χ0v) is 11.2. The van der Waals surface area contributed by atoms with E-state index >= 15 is 0 Å². The summed E-state index contributed by atoms with van der Waals surface area (Å²) in [6, 6.07) is 2.06. The fraction of sp³-hybridized carbons (Fsp3) is 0.750. The first-order valence-electron chi connectivity index (χ1n) is 6.01. The molecule has 1 rings (SSSR count). The minimum Gasteiger partial charge on any atom is -0.311 e. The van der Waals surface area contributed by atoms with Crippen LogP contribution in [0.5, 0.6) is 0 Å². The molecule has 0 amide bonds. The summed E-state index contributed by atoms with van der Waals surface area (Å²) in [4.78, 5) is 0. The van der Waals surface area contributed by atoms with Gasteiger partial charge in [0, 0.05) is 19.8 Å². The lowest BCUT2D eigenvalue weighted by atomic mass is 10.2. The first kappa shape index (κ1) is 13.6. The Hall–Kier alpha value is -0.480. The summed E-state index contributed by atoms with van der Waals surface area (Å²) in [6.45, 7) is 2.05. The first-order valence-corrected chi connectivity index (χ1v) is 7.40. The van der Waals surface area contributed by atoms with Crippen LogP contribution in [0.4, 0.5) is 0 Å². The summed E-state index contributed by atoms with van der Waals surface area (Å²) < 4.78 is 1.92. The number of hydrogen-bond donors (Lipinski definition) is 1. The Bertz CT molecular complexity index is 273. The molecule has 92 valence electrons. The van der Waals surface area contributed by atoms with Gasteiger partial charge in [0.1, 0.15) is 0 Å². The third-order valence-electron chi connectivity index (χ3n) is 2.68. The van der Waals surface area contributed by atoms with Crippen molar-refractivity contribution in [2.24, 2.45) is 7.05 Å². The van der Waals surface area contributed by atoms with Crippen LogP contribution in [-0.2, 0) is 13.6 Å². The van der Waals surface area contributed by atoms with Crippen LogP contribution < -0.4 is 5.32 Å². The average Bonchev–Trinajstić information content (AvgIpc) is 2.68. The predicted molar refractivity (Wildman–Crippen MR) is 71.8 cm³/mol. The number of thioether (sulfide) groups is 1. The highest BCUT2D eigenvalue weighted by Crippen LogP contribution is 2.04. The van der Waals surface area contributed by atoms with Crippen molar-refractivity contribution in [3.05, 3.63) is 18.0 Å². The maximum absolute atomic E-state index is 4.14. The molecule has 0 aromatic carbocycles. The van der Waals surface area contributed by atoms with Crippen molar-refractivity contribution in [2.45, 2.75) is 32.2 Å². The molecule has 0 spiro atoms. The zero-order valence-electron chi connectivity index (χ0n) is 10.4. The van der Waals surface area contributed by atoms with Gasteiger partial charge in [-0.3, -0.25) is 4.68 Å². The Morgan fingerprint density at radius 2 is 2.12 bits per heavy atom. The van der Waals surface area contributed by atoms with Gasteiger partial charge in [0.25, 0.3) is 0 Å². The molecule has 0 aliphatic heterocycles. The summed E-state index contributed by atoms with van der Waals surface area (Å²) in [7, 11) is 1.99. The van der Waals surface area contributed by atoms with Gasteiger partial charge in [-0.15, -0.1) is 0 Å². The molecule has 0 saturated heterocycles. The van der Waals surface area contributed by atoms with Gasteiger partial charge in [-0.05, 0) is 37.5 Å². The summed E-state index contributed by atoms with van der Waals surface area (Å²) in [6.07, 6.45) is 9.39. The van der Waals surface area contributed by atoms with Crippen molar-refractivity contribution in [2.75, 3.05) is 18.6 Å². The number of aryl methyl sites for hydroxylation is 1. The summed E-state index contributed by atoms with van der Waals surface area (Å²) >= 11 is 1.94. The summed E-state index contributed by atoms with van der Waals surface area (Å²) in [5, 5.41) is 7.59. The van der Waals surface area contributed by atoms with E-state index < -0.39 is 0 Å². The number of nitrogens with zero attached hydrogens (tertiary/aromatic N) is 2. The van der Waals surface area contributed by atoms with Crippen LogP contribution in [0.25, 0.3) is 0 Å². The van der Waals surface area contributed by atoms with Crippen molar-refractivity contribution in [3.63, 3.8) is 0 Å². The van der Waals surface area contributed by atoms with E-state index in [0.717, 1.165) is 13.1 Å². The van der Waals surface area contributed by atoms with E-state index in [-0.39, 0.29) is 0 Å². The average molecular weight is 241 g/mol. The van der Waals surface area contributed by atoms with Gasteiger partial charge < -0.3 is 5.32 Å². The smallest absolute Gasteiger partial charge is 0.0518 e. The normalized spacial score (nSPS) is 10.9. The standard InChI is InChI=1S/C12H23N3S/c1-15-12(7-9-14-15)11-13-8-5-3-4-6-10-16-2/h7,9,13H,3-6,8,10-11H2,1-2H3. The molecule has 1 aromatic heterocycles. The number of hydrogen-bond acceptors (Lipinski definition) is 3. The van der Waals surface area contributed by atoms with Crippen LogP contribution in [0.1, 0.15) is 31.4 Å². The van der Waals surface area contributed by atoms with Gasteiger partial charge in [0.05, 0.1) is 5.69 Å². The molecule has 0 saturated carbocycles. The highest BCUT2D eigenvalue weighted by molar-refractivity contribution is 7.98. The minimum atomic E-state index is 0.932. The molecule has 16 heavy (non-hydrogen) atoms. The maximum Gasteiger partial charge on any atom is 0.0518 e. The molecule has 1 N–H and O–H groups in total. The monoisotopic (exact) mass is 241 g/mol. The third kappa shape index (κ3) is 5.56. The molecule has 0 atom stereocenters. The highest BCUT2D eigenvalue weighted by atomic mass is 32.2. The predicted octanol–water partition coefficient (Wildman–Crippen LogP) is 2.43. The second-order valence-electron chi connectivity index (χ2n) is 4.03. The number of unbranched alkanes of at least 4 members (excludes halogenated alkanes) is 3. The van der Waals surface area contributed by atoms with E-state index in [1.807, 2.05) is 29.7 Å². The molecule has 0 fully saturated rings. The molecular formula is C12H23N3S. The largest absolute Gasteiger partial charge is 0.311 e. The minimum absolute atomic E-state index is 0.932. The van der Waals surface area contributed by atoms with Crippen LogP contribution in [0, 0.1) is 0 Å². The fourth-order valence-electron chi connectivity index (χ4n) is 1.64. The van der Waals surface area contributed by atoms with Crippen molar-refractivity contribution in [1.82, 2.24) is 15.1 Å². The van der Waals surface area contributed by atoms with E-state index in [9.17, 15) is 0 Å². The quantitative estimate of drug-likeness (QED) is 0.673. The number of aromatic nitrogens is 2. The van der Waals surface area contributed by atoms with Crippen LogP contribution in [0.2, 0.25) is 0 Å². The number of rotatable bonds is 9. The summed E-state index contributed by atoms with van der Waals surface area (Å²) in [5.74, 6) is 1.31. The molecule has 3 nitrogen and oxygen atoms in total. The van der Waals surface area contributed by atoms with E-state index in [1.54, 1.807) is 0 Å². The Balaban J connectivity index is 1.91. The van der Waals surface area contributed by atoms with Crippen LogP contribution in [0.3, 0.4) is 0 Å². The van der Waals surface area contributed by atoms with Gasteiger partial charge in [-0.1, -0.05) is 12.8 Å². The Labute approximate surface area is 103 Å². The molecule has 4 heteroatoms. The topological polar surface area (TPSA) is 29.9 Å². The molecule has 0 aliphatic rings. The SMILES string of the molecule is CSCCCCCCNCc1ccnn1C. The van der Waals surface area contributed by atoms with E-state index in [0.29, 0.717) is 0 Å². The van der Waals surface area contributed by atoms with Gasteiger partial charge >= 0.3 is 0 Å². The van der Waals surface area contributed by atoms with Gasteiger partial charge in [-0.25, -0.2) is 0 Å². The molecular weight excluding hydrogens is 218 g/mol. The molecule has 0 bridgehead atoms. The van der Waals surface area contributed by atoms with Crippen molar-refractivity contribution in [1.29, 1.82) is 0 Å². The second-order valence-corrected chi connectivity index (χ2v) is 5.02. The molecule has 0 radical (unpaired) electrons. The first-order chi connectivity index (χ1) is 7.84. The van der Waals surface area contributed by atoms with Gasteiger partial charge in [-0.2, -0.15) is 16.9 Å². The van der Waals surface area contributed by atoms with Crippen LogP contribution >= 0.6 is 11.8 Å². The van der Waals surface area contributed by atoms with Gasteiger partial charge in [0.15, 0.2) is 0 Å². The number of nitrogens with one attached hydrogen (secondary N) is 1. The Morgan fingerprint density at radius 3 is 2.81 bits per heavy atom. The second kappa shape index (κ2) is 8.65. The van der Waals surface area contributed by atoms with E-state index in [2.05, 4.69) is 22.7 Å². The molecule has 1 aromatic rings. The summed E-state index contributed by atoms with van der Waals surface area (Å²) in [5.41, 5.74) is 1.25. The third-order valence-corrected chi connectivity index (χ3v) is 3.38. The van der Waals surface area contributed by atoms with E-state index in [4.69, 9.17) is 0 Å². The lowest BCUT2D eigenvalue weighted by molar-refractivity contribution is 0.578. The highest BCUT2D eigenvalue weighted by Gasteiger charge is 1.96. The molecule has 1 heterocycles. The Morgan fingerprint density at radius 1 is 1.31 bits per heavy atom. The maximum atomic E-state index is 4.14. The van der Waals surface area contributed by atoms with Crippen molar-refractivity contribution in [3.8, 4) is 0 Å². The van der Waals surface area contributed by atoms with Crippen LogP contribution in [0.15, 0.2) is 12.3 Å². The van der Waals surface area contributed by atoms with Crippen molar-refractivity contribution < 1.29 is 0 Å².